The first kappa shape index (κ1) is 11.4. The Balaban J connectivity index is 3.06. The molecule has 4 heteroatoms. The lowest BCUT2D eigenvalue weighted by Crippen LogP contribution is -2.07. The Bertz CT molecular complexity index is 289. The molecule has 0 saturated carbocycles. The third-order valence-electron chi connectivity index (χ3n) is 1.32. The van der Waals surface area contributed by atoms with Gasteiger partial charge in [-0.2, -0.15) is 0 Å². The Morgan fingerprint density at radius 2 is 1.92 bits per heavy atom. The fourth-order valence-electron chi connectivity index (χ4n) is 0.877. The van der Waals surface area contributed by atoms with Crippen LogP contribution in [0.15, 0.2) is 12.1 Å². The van der Waals surface area contributed by atoms with Crippen LogP contribution in [0.5, 0.6) is 5.75 Å². The van der Waals surface area contributed by atoms with Crippen molar-refractivity contribution < 1.29 is 4.74 Å². The minimum absolute atomic E-state index is 0.118. The normalized spacial score (nSPS) is 10.6. The smallest absolute Gasteiger partial charge is 0.151 e. The Kier molecular flexibility index (Phi) is 4.13. The van der Waals surface area contributed by atoms with E-state index < -0.39 is 0 Å². The van der Waals surface area contributed by atoms with E-state index in [-0.39, 0.29) is 6.10 Å². The Morgan fingerprint density at radius 1 is 1.31 bits per heavy atom. The van der Waals surface area contributed by atoms with Crippen LogP contribution >= 0.6 is 45.8 Å². The summed E-state index contributed by atoms with van der Waals surface area (Å²) in [6.07, 6.45) is 0.118. The van der Waals surface area contributed by atoms with Crippen molar-refractivity contribution in [2.75, 3.05) is 0 Å². The van der Waals surface area contributed by atoms with Gasteiger partial charge in [0.1, 0.15) is 0 Å². The van der Waals surface area contributed by atoms with Crippen LogP contribution in [0.1, 0.15) is 13.8 Å². The van der Waals surface area contributed by atoms with E-state index in [0.29, 0.717) is 15.8 Å². The third kappa shape index (κ3) is 3.18. The lowest BCUT2D eigenvalue weighted by atomic mass is 10.3. The minimum Gasteiger partial charge on any atom is -0.488 e. The van der Waals surface area contributed by atoms with Gasteiger partial charge >= 0.3 is 0 Å². The van der Waals surface area contributed by atoms with Gasteiger partial charge in [0, 0.05) is 5.02 Å². The number of hydrogen-bond acceptors (Lipinski definition) is 1. The summed E-state index contributed by atoms with van der Waals surface area (Å²) in [4.78, 5) is 0. The van der Waals surface area contributed by atoms with E-state index in [2.05, 4.69) is 22.6 Å². The highest BCUT2D eigenvalue weighted by molar-refractivity contribution is 14.1. The van der Waals surface area contributed by atoms with Crippen molar-refractivity contribution in [3.05, 3.63) is 25.7 Å². The van der Waals surface area contributed by atoms with Crippen LogP contribution in [-0.4, -0.2) is 6.10 Å². The van der Waals surface area contributed by atoms with Gasteiger partial charge in [0.2, 0.25) is 0 Å². The molecular formula is C9H9Cl2IO. The number of benzene rings is 1. The molecule has 0 unspecified atom stereocenters. The molecule has 0 atom stereocenters. The van der Waals surface area contributed by atoms with Gasteiger partial charge in [0.05, 0.1) is 14.7 Å². The van der Waals surface area contributed by atoms with Crippen molar-refractivity contribution in [3.8, 4) is 5.75 Å². The van der Waals surface area contributed by atoms with Crippen molar-refractivity contribution >= 4 is 45.8 Å². The summed E-state index contributed by atoms with van der Waals surface area (Å²) >= 11 is 13.9. The lowest BCUT2D eigenvalue weighted by molar-refractivity contribution is 0.241. The minimum atomic E-state index is 0.118. The van der Waals surface area contributed by atoms with Crippen molar-refractivity contribution in [1.29, 1.82) is 0 Å². The largest absolute Gasteiger partial charge is 0.488 e. The van der Waals surface area contributed by atoms with Gasteiger partial charge in [0.25, 0.3) is 0 Å². The molecule has 1 aromatic rings. The highest BCUT2D eigenvalue weighted by Gasteiger charge is 2.09. The van der Waals surface area contributed by atoms with Crippen molar-refractivity contribution in [3.63, 3.8) is 0 Å². The van der Waals surface area contributed by atoms with Crippen LogP contribution in [0.4, 0.5) is 0 Å². The van der Waals surface area contributed by atoms with E-state index >= 15 is 0 Å². The molecule has 0 saturated heterocycles. The molecule has 72 valence electrons. The molecule has 1 rings (SSSR count). The molecular weight excluding hydrogens is 322 g/mol. The van der Waals surface area contributed by atoms with Crippen LogP contribution in [0, 0.1) is 3.57 Å². The van der Waals surface area contributed by atoms with Gasteiger partial charge in [-0.15, -0.1) is 0 Å². The molecule has 0 aliphatic rings. The van der Waals surface area contributed by atoms with Gasteiger partial charge in [-0.25, -0.2) is 0 Å². The molecule has 1 nitrogen and oxygen atoms in total. The quantitative estimate of drug-likeness (QED) is 0.731. The molecule has 0 aliphatic heterocycles. The maximum atomic E-state index is 5.96. The fourth-order valence-corrected chi connectivity index (χ4v) is 2.51. The maximum absolute atomic E-state index is 5.96. The number of rotatable bonds is 2. The molecule has 0 N–H and O–H groups in total. The monoisotopic (exact) mass is 330 g/mol. The highest BCUT2D eigenvalue weighted by Crippen LogP contribution is 2.33. The van der Waals surface area contributed by atoms with Crippen molar-refractivity contribution in [1.82, 2.24) is 0 Å². The number of ether oxygens (including phenoxy) is 1. The summed E-state index contributed by atoms with van der Waals surface area (Å²) in [5.74, 6) is 0.710. The van der Waals surface area contributed by atoms with Gasteiger partial charge in [-0.05, 0) is 48.6 Å². The highest BCUT2D eigenvalue weighted by atomic mass is 127. The Morgan fingerprint density at radius 3 is 2.38 bits per heavy atom. The van der Waals surface area contributed by atoms with Gasteiger partial charge in [-0.1, -0.05) is 23.2 Å². The average molecular weight is 331 g/mol. The third-order valence-corrected chi connectivity index (χ3v) is 2.62. The predicted octanol–water partition coefficient (Wildman–Crippen LogP) is 4.39. The van der Waals surface area contributed by atoms with Crippen LogP contribution in [0.3, 0.4) is 0 Å². The van der Waals surface area contributed by atoms with E-state index in [1.54, 1.807) is 6.07 Å². The standard InChI is InChI=1S/C9H9Cl2IO/c1-5(2)13-9-7(11)3-6(10)4-8(9)12/h3-5H,1-2H3. The molecule has 0 bridgehead atoms. The number of hydrogen-bond donors (Lipinski definition) is 0. The van der Waals surface area contributed by atoms with Crippen LogP contribution in [-0.2, 0) is 0 Å². The second-order valence-corrected chi connectivity index (χ2v) is 4.87. The van der Waals surface area contributed by atoms with E-state index in [1.807, 2.05) is 19.9 Å². The van der Waals surface area contributed by atoms with Gasteiger partial charge in [-0.3, -0.25) is 0 Å². The van der Waals surface area contributed by atoms with Crippen LogP contribution in [0.25, 0.3) is 0 Å². The van der Waals surface area contributed by atoms with E-state index in [0.717, 1.165) is 3.57 Å². The summed E-state index contributed by atoms with van der Waals surface area (Å²) in [6, 6.07) is 3.51. The molecule has 0 radical (unpaired) electrons. The second kappa shape index (κ2) is 4.71. The zero-order valence-electron chi connectivity index (χ0n) is 7.27. The molecule has 0 amide bonds. The lowest BCUT2D eigenvalue weighted by Gasteiger charge is -2.13. The van der Waals surface area contributed by atoms with Crippen molar-refractivity contribution in [2.45, 2.75) is 20.0 Å². The van der Waals surface area contributed by atoms with Crippen LogP contribution in [0.2, 0.25) is 10.0 Å². The van der Waals surface area contributed by atoms with E-state index in [1.165, 1.54) is 0 Å². The number of halogens is 3. The van der Waals surface area contributed by atoms with Gasteiger partial charge in [0.15, 0.2) is 5.75 Å². The predicted molar refractivity (Wildman–Crippen MR) is 64.9 cm³/mol. The van der Waals surface area contributed by atoms with Crippen molar-refractivity contribution in [2.24, 2.45) is 0 Å². The molecule has 0 spiro atoms. The first-order chi connectivity index (χ1) is 6.00. The maximum Gasteiger partial charge on any atom is 0.151 e. The summed E-state index contributed by atoms with van der Waals surface area (Å²) < 4.78 is 6.47. The summed E-state index contributed by atoms with van der Waals surface area (Å²) in [7, 11) is 0. The fraction of sp³-hybridized carbons (Fsp3) is 0.333. The zero-order valence-corrected chi connectivity index (χ0v) is 10.9. The van der Waals surface area contributed by atoms with Crippen LogP contribution < -0.4 is 4.74 Å². The molecule has 0 aliphatic carbocycles. The Labute approximate surface area is 102 Å². The summed E-state index contributed by atoms with van der Waals surface area (Å²) in [5, 5.41) is 1.19. The average Bonchev–Trinajstić information content (AvgIpc) is 1.96. The zero-order chi connectivity index (χ0) is 10.0. The molecule has 0 fully saturated rings. The Hall–Kier alpha value is 0.330. The molecule has 1 aromatic carbocycles. The SMILES string of the molecule is CC(C)Oc1c(Cl)cc(Cl)cc1I. The summed E-state index contributed by atoms with van der Waals surface area (Å²) in [6.45, 7) is 3.92. The second-order valence-electron chi connectivity index (χ2n) is 2.87. The first-order valence-electron chi connectivity index (χ1n) is 3.82. The van der Waals surface area contributed by atoms with E-state index in [4.69, 9.17) is 27.9 Å². The molecule has 13 heavy (non-hydrogen) atoms. The topological polar surface area (TPSA) is 9.23 Å². The molecule has 0 aromatic heterocycles. The van der Waals surface area contributed by atoms with Gasteiger partial charge < -0.3 is 4.74 Å². The molecule has 0 heterocycles. The summed E-state index contributed by atoms with van der Waals surface area (Å²) in [5.41, 5.74) is 0. The first-order valence-corrected chi connectivity index (χ1v) is 5.65. The van der Waals surface area contributed by atoms with E-state index in [9.17, 15) is 0 Å².